The summed E-state index contributed by atoms with van der Waals surface area (Å²) in [4.78, 5) is 37.4. The van der Waals surface area contributed by atoms with Crippen LogP contribution >= 0.6 is 12.1 Å². The molecule has 2 aromatic rings. The topological polar surface area (TPSA) is 66.9 Å². The van der Waals surface area contributed by atoms with Crippen molar-refractivity contribution in [2.75, 3.05) is 7.11 Å². The first-order valence-corrected chi connectivity index (χ1v) is 8.43. The fourth-order valence-electron chi connectivity index (χ4n) is 3.05. The molecule has 1 saturated heterocycles. The van der Waals surface area contributed by atoms with E-state index in [0.717, 1.165) is 22.0 Å². The molecule has 0 N–H and O–H groups in total. The Morgan fingerprint density at radius 1 is 0.880 bits per heavy atom. The molecule has 0 spiro atoms. The van der Waals surface area contributed by atoms with E-state index >= 15 is 0 Å². The Morgan fingerprint density at radius 3 is 2.00 bits per heavy atom. The number of carbonyl (C=O) groups is 3. The van der Waals surface area contributed by atoms with E-state index in [1.165, 1.54) is 11.4 Å². The summed E-state index contributed by atoms with van der Waals surface area (Å²) in [5.41, 5.74) is 1.60. The maximum absolute atomic E-state index is 12.5. The lowest BCUT2D eigenvalue weighted by Crippen LogP contribution is -2.57. The number of methoxy groups -OCH3 is 1. The number of rotatable bonds is 4. The number of fused-ring (bicyclic) bond motifs is 1. The highest BCUT2D eigenvalue weighted by molar-refractivity contribution is 7.96. The van der Waals surface area contributed by atoms with Gasteiger partial charge in [-0.3, -0.25) is 18.7 Å². The van der Waals surface area contributed by atoms with Crippen molar-refractivity contribution in [2.45, 2.75) is 12.1 Å². The van der Waals surface area contributed by atoms with Gasteiger partial charge < -0.3 is 4.74 Å². The molecular formula is C18H14N2O4S. The lowest BCUT2D eigenvalue weighted by molar-refractivity contribution is -0.158. The van der Waals surface area contributed by atoms with E-state index < -0.39 is 17.9 Å². The highest BCUT2D eigenvalue weighted by Gasteiger charge is 2.52. The second-order valence-corrected chi connectivity index (χ2v) is 6.63. The van der Waals surface area contributed by atoms with Gasteiger partial charge in [0.1, 0.15) is 6.04 Å². The molecule has 2 atom stereocenters. The van der Waals surface area contributed by atoms with Gasteiger partial charge in [0, 0.05) is 7.11 Å². The van der Waals surface area contributed by atoms with Crippen LogP contribution in [0.3, 0.4) is 0 Å². The quantitative estimate of drug-likeness (QED) is 0.479. The molecular weight excluding hydrogens is 340 g/mol. The Bertz CT molecular complexity index is 835. The molecule has 7 heteroatoms. The molecule has 0 radical (unpaired) electrons. The lowest BCUT2D eigenvalue weighted by Gasteiger charge is -2.45. The number of ether oxygens (including phenoxy) is 1. The molecule has 0 saturated carbocycles. The number of hydrogen-bond acceptors (Lipinski definition) is 5. The van der Waals surface area contributed by atoms with Crippen LogP contribution in [-0.4, -0.2) is 39.5 Å². The fraction of sp³-hybridized carbons (Fsp3) is 0.167. The fourth-order valence-corrected chi connectivity index (χ4v) is 4.09. The van der Waals surface area contributed by atoms with Crippen LogP contribution in [-0.2, 0) is 9.53 Å². The number of hydrogen-bond donors (Lipinski definition) is 0. The summed E-state index contributed by atoms with van der Waals surface area (Å²) >= 11 is 0.835. The third-order valence-corrected chi connectivity index (χ3v) is 5.40. The maximum atomic E-state index is 12.5. The summed E-state index contributed by atoms with van der Waals surface area (Å²) in [6, 6.07) is 15.7. The Balaban J connectivity index is 1.61. The van der Waals surface area contributed by atoms with Crippen LogP contribution in [0.1, 0.15) is 32.3 Å². The standard InChI is InChI=1S/C18H14N2O4S/c1-24-15-14(11-7-3-2-4-8-11)19(18(15)23)25-20-16(21)12-9-5-6-10-13(12)17(20)22/h2-10,14-15H,1H3/t14-,15+/m0/s1. The number of β-lactam (4-membered cyclic amide) rings is 1. The van der Waals surface area contributed by atoms with Crippen molar-refractivity contribution in [1.82, 2.24) is 8.61 Å². The van der Waals surface area contributed by atoms with Crippen LogP contribution in [0.25, 0.3) is 0 Å². The summed E-state index contributed by atoms with van der Waals surface area (Å²) in [6.07, 6.45) is -0.620. The summed E-state index contributed by atoms with van der Waals surface area (Å²) in [7, 11) is 1.47. The molecule has 0 aliphatic carbocycles. The molecule has 25 heavy (non-hydrogen) atoms. The van der Waals surface area contributed by atoms with Crippen molar-refractivity contribution in [2.24, 2.45) is 0 Å². The molecule has 0 bridgehead atoms. The zero-order chi connectivity index (χ0) is 17.6. The molecule has 6 nitrogen and oxygen atoms in total. The molecule has 1 fully saturated rings. The Hall–Kier alpha value is -2.64. The molecule has 0 aromatic heterocycles. The molecule has 4 rings (SSSR count). The van der Waals surface area contributed by atoms with E-state index in [1.807, 2.05) is 30.3 Å². The highest BCUT2D eigenvalue weighted by Crippen LogP contribution is 2.44. The van der Waals surface area contributed by atoms with Crippen molar-refractivity contribution in [3.8, 4) is 0 Å². The third kappa shape index (κ3) is 2.35. The summed E-state index contributed by atoms with van der Waals surface area (Å²) in [5, 5.41) is 0. The summed E-state index contributed by atoms with van der Waals surface area (Å²) < 4.78 is 7.74. The van der Waals surface area contributed by atoms with Crippen LogP contribution in [0, 0.1) is 0 Å². The van der Waals surface area contributed by atoms with Crippen LogP contribution < -0.4 is 0 Å². The second kappa shape index (κ2) is 6.02. The van der Waals surface area contributed by atoms with E-state index in [9.17, 15) is 14.4 Å². The summed E-state index contributed by atoms with van der Waals surface area (Å²) in [6.45, 7) is 0. The Labute approximate surface area is 148 Å². The minimum Gasteiger partial charge on any atom is -0.369 e. The van der Waals surface area contributed by atoms with Crippen LogP contribution in [0.15, 0.2) is 54.6 Å². The average Bonchev–Trinajstić information content (AvgIpc) is 2.89. The van der Waals surface area contributed by atoms with E-state index in [1.54, 1.807) is 24.3 Å². The minimum atomic E-state index is -0.620. The van der Waals surface area contributed by atoms with Gasteiger partial charge >= 0.3 is 0 Å². The number of nitrogens with zero attached hydrogens (tertiary/aromatic N) is 2. The van der Waals surface area contributed by atoms with Gasteiger partial charge in [-0.2, -0.15) is 4.31 Å². The number of benzene rings is 2. The van der Waals surface area contributed by atoms with Crippen molar-refractivity contribution in [1.29, 1.82) is 0 Å². The average molecular weight is 354 g/mol. The molecule has 3 amide bonds. The van der Waals surface area contributed by atoms with Gasteiger partial charge in [0.25, 0.3) is 17.7 Å². The number of imide groups is 1. The van der Waals surface area contributed by atoms with Gasteiger partial charge in [-0.15, -0.1) is 0 Å². The second-order valence-electron chi connectivity index (χ2n) is 5.71. The van der Waals surface area contributed by atoms with Gasteiger partial charge in [0.2, 0.25) is 0 Å². The minimum absolute atomic E-state index is 0.266. The van der Waals surface area contributed by atoms with Gasteiger partial charge in [-0.1, -0.05) is 42.5 Å². The van der Waals surface area contributed by atoms with Crippen molar-refractivity contribution in [3.63, 3.8) is 0 Å². The van der Waals surface area contributed by atoms with Gasteiger partial charge in [-0.05, 0) is 17.7 Å². The molecule has 2 aliphatic rings. The summed E-state index contributed by atoms with van der Waals surface area (Å²) in [5.74, 6) is -1.09. The van der Waals surface area contributed by atoms with E-state index in [2.05, 4.69) is 0 Å². The number of amides is 3. The third-order valence-electron chi connectivity index (χ3n) is 4.32. The normalized spacial score (nSPS) is 22.2. The largest absolute Gasteiger partial charge is 0.369 e. The smallest absolute Gasteiger partial charge is 0.273 e. The van der Waals surface area contributed by atoms with E-state index in [4.69, 9.17) is 4.74 Å². The van der Waals surface area contributed by atoms with Crippen molar-refractivity contribution < 1.29 is 19.1 Å². The zero-order valence-electron chi connectivity index (χ0n) is 13.3. The number of carbonyl (C=O) groups excluding carboxylic acids is 3. The first-order valence-electron chi connectivity index (χ1n) is 7.70. The van der Waals surface area contributed by atoms with Gasteiger partial charge in [0.05, 0.1) is 23.3 Å². The Morgan fingerprint density at radius 2 is 1.44 bits per heavy atom. The zero-order valence-corrected chi connectivity index (χ0v) is 14.1. The lowest BCUT2D eigenvalue weighted by atomic mass is 9.94. The predicted octanol–water partition coefficient (Wildman–Crippen LogP) is 2.44. The van der Waals surface area contributed by atoms with Crippen LogP contribution in [0.5, 0.6) is 0 Å². The van der Waals surface area contributed by atoms with E-state index in [-0.39, 0.29) is 11.9 Å². The maximum Gasteiger partial charge on any atom is 0.273 e. The van der Waals surface area contributed by atoms with E-state index in [0.29, 0.717) is 11.1 Å². The van der Waals surface area contributed by atoms with Crippen molar-refractivity contribution in [3.05, 3.63) is 71.3 Å². The molecule has 2 heterocycles. The monoisotopic (exact) mass is 354 g/mol. The highest BCUT2D eigenvalue weighted by atomic mass is 32.2. The first kappa shape index (κ1) is 15.9. The molecule has 2 aliphatic heterocycles. The van der Waals surface area contributed by atoms with Crippen LogP contribution in [0.4, 0.5) is 0 Å². The van der Waals surface area contributed by atoms with Crippen LogP contribution in [0.2, 0.25) is 0 Å². The Kier molecular flexibility index (Phi) is 3.82. The van der Waals surface area contributed by atoms with Crippen molar-refractivity contribution >= 4 is 29.9 Å². The molecule has 0 unspecified atom stereocenters. The first-order chi connectivity index (χ1) is 12.1. The predicted molar refractivity (Wildman–Crippen MR) is 91.4 cm³/mol. The SMILES string of the molecule is CO[C@H]1C(=O)N(SN2C(=O)c3ccccc3C2=O)[C@H]1c1ccccc1. The molecule has 126 valence electrons. The molecule has 2 aromatic carbocycles. The van der Waals surface area contributed by atoms with Gasteiger partial charge in [0.15, 0.2) is 6.10 Å². The van der Waals surface area contributed by atoms with Gasteiger partial charge in [-0.25, -0.2) is 0 Å².